The minimum atomic E-state index is -0.364. The first-order chi connectivity index (χ1) is 13.4. The number of rotatable bonds is 7. The molecule has 2 amide bonds. The van der Waals surface area contributed by atoms with Gasteiger partial charge in [-0.1, -0.05) is 48.3 Å². The molecule has 0 radical (unpaired) electrons. The molecule has 5 nitrogen and oxygen atoms in total. The molecule has 2 rings (SSSR count). The molecule has 7 heteroatoms. The van der Waals surface area contributed by atoms with E-state index >= 15 is 0 Å². The van der Waals surface area contributed by atoms with Crippen LogP contribution in [0.5, 0.6) is 0 Å². The van der Waals surface area contributed by atoms with Crippen LogP contribution in [0.4, 0.5) is 5.69 Å². The van der Waals surface area contributed by atoms with Crippen LogP contribution in [0.15, 0.2) is 48.5 Å². The molecule has 0 unspecified atom stereocenters. The molecule has 0 fully saturated rings. The molecule has 2 aromatic carbocycles. The Morgan fingerprint density at radius 3 is 2.64 bits per heavy atom. The molecule has 0 heterocycles. The predicted molar refractivity (Wildman–Crippen MR) is 112 cm³/mol. The van der Waals surface area contributed by atoms with Gasteiger partial charge in [-0.3, -0.25) is 9.59 Å². The topological polar surface area (TPSA) is 73.2 Å². The van der Waals surface area contributed by atoms with Crippen LogP contribution < -0.4 is 5.32 Å². The highest BCUT2D eigenvalue weighted by Crippen LogP contribution is 2.25. The molecule has 0 aliphatic rings. The van der Waals surface area contributed by atoms with Crippen LogP contribution in [0.1, 0.15) is 24.5 Å². The molecule has 0 saturated heterocycles. The quantitative estimate of drug-likeness (QED) is 0.662. The number of carbonyl (C=O) groups is 2. The van der Waals surface area contributed by atoms with Crippen LogP contribution in [-0.2, 0) is 9.59 Å². The summed E-state index contributed by atoms with van der Waals surface area (Å²) in [6, 6.07) is 13.8. The Kier molecular flexibility index (Phi) is 8.06. The maximum atomic E-state index is 12.5. The highest BCUT2D eigenvalue weighted by Gasteiger charge is 2.15. The number of hydrogen-bond donors (Lipinski definition) is 1. The molecule has 0 bridgehead atoms. The summed E-state index contributed by atoms with van der Waals surface area (Å²) in [6.45, 7) is 2.23. The van der Waals surface area contributed by atoms with Crippen molar-refractivity contribution < 1.29 is 9.59 Å². The first kappa shape index (κ1) is 21.5. The molecular formula is C21H19Cl2N3O2. The van der Waals surface area contributed by atoms with Crippen molar-refractivity contribution in [2.45, 2.75) is 13.3 Å². The molecule has 1 N–H and O–H groups in total. The lowest BCUT2D eigenvalue weighted by molar-refractivity contribution is -0.130. The second-order valence-electron chi connectivity index (χ2n) is 5.96. The number of nitrogens with one attached hydrogen (secondary N) is 1. The predicted octanol–water partition coefficient (Wildman–Crippen LogP) is 4.76. The Bertz CT molecular complexity index is 935. The average molecular weight is 416 g/mol. The number of nitrogens with zero attached hydrogens (tertiary/aromatic N) is 2. The highest BCUT2D eigenvalue weighted by atomic mass is 35.5. The smallest absolute Gasteiger partial charge is 0.247 e. The van der Waals surface area contributed by atoms with Gasteiger partial charge in [0.15, 0.2) is 0 Å². The molecule has 0 aliphatic heterocycles. The van der Waals surface area contributed by atoms with Crippen LogP contribution in [0, 0.1) is 11.3 Å². The first-order valence-electron chi connectivity index (χ1n) is 8.65. The molecular weight excluding hydrogens is 397 g/mol. The van der Waals surface area contributed by atoms with E-state index in [1.807, 2.05) is 6.92 Å². The van der Waals surface area contributed by atoms with Crippen molar-refractivity contribution in [3.05, 3.63) is 69.7 Å². The zero-order chi connectivity index (χ0) is 20.5. The van der Waals surface area contributed by atoms with Gasteiger partial charge in [0.1, 0.15) is 6.54 Å². The molecule has 0 aliphatic carbocycles. The van der Waals surface area contributed by atoms with Gasteiger partial charge >= 0.3 is 0 Å². The van der Waals surface area contributed by atoms with E-state index in [1.54, 1.807) is 42.5 Å². The van der Waals surface area contributed by atoms with Crippen molar-refractivity contribution in [3.63, 3.8) is 0 Å². The fourth-order valence-electron chi connectivity index (χ4n) is 2.50. The maximum absolute atomic E-state index is 12.5. The molecule has 0 saturated carbocycles. The minimum absolute atomic E-state index is 0.115. The highest BCUT2D eigenvalue weighted by molar-refractivity contribution is 6.36. The number of amides is 2. The summed E-state index contributed by atoms with van der Waals surface area (Å²) in [4.78, 5) is 26.3. The van der Waals surface area contributed by atoms with E-state index in [2.05, 4.69) is 11.4 Å². The second-order valence-corrected chi connectivity index (χ2v) is 6.81. The van der Waals surface area contributed by atoms with Crippen molar-refractivity contribution in [2.24, 2.45) is 0 Å². The van der Waals surface area contributed by atoms with Crippen molar-refractivity contribution in [1.82, 2.24) is 4.90 Å². The second kappa shape index (κ2) is 10.5. The van der Waals surface area contributed by atoms with Gasteiger partial charge in [-0.05, 0) is 42.3 Å². The Hall–Kier alpha value is -2.81. The Morgan fingerprint density at radius 2 is 1.96 bits per heavy atom. The summed E-state index contributed by atoms with van der Waals surface area (Å²) in [5.74, 6) is -0.677. The van der Waals surface area contributed by atoms with E-state index in [0.717, 1.165) is 0 Å². The Morgan fingerprint density at radius 1 is 1.21 bits per heavy atom. The van der Waals surface area contributed by atoms with Crippen molar-refractivity contribution in [2.75, 3.05) is 18.4 Å². The third kappa shape index (κ3) is 6.12. The van der Waals surface area contributed by atoms with Crippen molar-refractivity contribution in [3.8, 4) is 6.07 Å². The molecule has 0 atom stereocenters. The van der Waals surface area contributed by atoms with Crippen LogP contribution in [0.25, 0.3) is 6.08 Å². The lowest BCUT2D eigenvalue weighted by Gasteiger charge is -2.20. The van der Waals surface area contributed by atoms with E-state index in [1.165, 1.54) is 17.0 Å². The molecule has 0 spiro atoms. The van der Waals surface area contributed by atoms with E-state index in [-0.39, 0.29) is 18.4 Å². The van der Waals surface area contributed by atoms with Gasteiger partial charge in [0.2, 0.25) is 11.8 Å². The normalized spacial score (nSPS) is 10.5. The van der Waals surface area contributed by atoms with E-state index < -0.39 is 0 Å². The van der Waals surface area contributed by atoms with Gasteiger partial charge in [0.25, 0.3) is 0 Å². The third-order valence-electron chi connectivity index (χ3n) is 3.83. The number of halogens is 2. The zero-order valence-electron chi connectivity index (χ0n) is 15.3. The number of nitriles is 1. The SMILES string of the molecule is CCCN(CC(=O)Nc1ccc(Cl)cc1Cl)C(=O)/C=C/c1ccccc1C#N. The van der Waals surface area contributed by atoms with Gasteiger partial charge < -0.3 is 10.2 Å². The molecule has 0 aromatic heterocycles. The standard InChI is InChI=1S/C21H19Cl2N3O2/c1-2-11-26(14-20(27)25-19-9-8-17(22)12-18(19)23)21(28)10-7-15-5-3-4-6-16(15)13-24/h3-10,12H,2,11,14H2,1H3,(H,25,27)/b10-7+. The van der Waals surface area contributed by atoms with Crippen LogP contribution >= 0.6 is 23.2 Å². The zero-order valence-corrected chi connectivity index (χ0v) is 16.8. The average Bonchev–Trinajstić information content (AvgIpc) is 2.68. The van der Waals surface area contributed by atoms with Gasteiger partial charge in [-0.25, -0.2) is 0 Å². The maximum Gasteiger partial charge on any atom is 0.247 e. The number of anilines is 1. The number of carbonyl (C=O) groups excluding carboxylic acids is 2. The Balaban J connectivity index is 2.07. The van der Waals surface area contributed by atoms with E-state index in [4.69, 9.17) is 28.5 Å². The largest absolute Gasteiger partial charge is 0.330 e. The van der Waals surface area contributed by atoms with Gasteiger partial charge in [-0.15, -0.1) is 0 Å². The van der Waals surface area contributed by atoms with E-state index in [0.29, 0.717) is 39.8 Å². The van der Waals surface area contributed by atoms with Crippen LogP contribution in [-0.4, -0.2) is 29.8 Å². The third-order valence-corrected chi connectivity index (χ3v) is 4.38. The Labute approximate surface area is 174 Å². The lowest BCUT2D eigenvalue weighted by atomic mass is 10.1. The van der Waals surface area contributed by atoms with Crippen molar-refractivity contribution in [1.29, 1.82) is 5.26 Å². The summed E-state index contributed by atoms with van der Waals surface area (Å²) >= 11 is 11.9. The molecule has 2 aromatic rings. The molecule has 28 heavy (non-hydrogen) atoms. The summed E-state index contributed by atoms with van der Waals surface area (Å²) in [5, 5.41) is 12.6. The van der Waals surface area contributed by atoms with Gasteiger partial charge in [0, 0.05) is 17.6 Å². The summed E-state index contributed by atoms with van der Waals surface area (Å²) in [5.41, 5.74) is 1.55. The number of benzene rings is 2. The van der Waals surface area contributed by atoms with Crippen LogP contribution in [0.2, 0.25) is 10.0 Å². The molecule has 144 valence electrons. The lowest BCUT2D eigenvalue weighted by Crippen LogP contribution is -2.37. The van der Waals surface area contributed by atoms with Crippen molar-refractivity contribution >= 4 is 46.8 Å². The summed E-state index contributed by atoms with van der Waals surface area (Å²) in [7, 11) is 0. The summed E-state index contributed by atoms with van der Waals surface area (Å²) in [6.07, 6.45) is 3.65. The number of hydrogen-bond acceptors (Lipinski definition) is 3. The minimum Gasteiger partial charge on any atom is -0.330 e. The monoisotopic (exact) mass is 415 g/mol. The van der Waals surface area contributed by atoms with Gasteiger partial charge in [0.05, 0.1) is 22.3 Å². The van der Waals surface area contributed by atoms with Crippen LogP contribution in [0.3, 0.4) is 0 Å². The van der Waals surface area contributed by atoms with E-state index in [9.17, 15) is 9.59 Å². The van der Waals surface area contributed by atoms with Gasteiger partial charge in [-0.2, -0.15) is 5.26 Å². The summed E-state index contributed by atoms with van der Waals surface area (Å²) < 4.78 is 0. The fraction of sp³-hybridized carbons (Fsp3) is 0.190. The fourth-order valence-corrected chi connectivity index (χ4v) is 2.96. The first-order valence-corrected chi connectivity index (χ1v) is 9.41.